The Morgan fingerprint density at radius 2 is 2.27 bits per heavy atom. The van der Waals surface area contributed by atoms with Crippen LogP contribution in [0.4, 0.5) is 5.95 Å². The lowest BCUT2D eigenvalue weighted by Gasteiger charge is -2.18. The predicted molar refractivity (Wildman–Crippen MR) is 64.5 cm³/mol. The van der Waals surface area contributed by atoms with Gasteiger partial charge in [0.1, 0.15) is 0 Å². The van der Waals surface area contributed by atoms with Crippen molar-refractivity contribution in [2.75, 3.05) is 32.1 Å². The number of anilines is 1. The van der Waals surface area contributed by atoms with E-state index in [4.69, 9.17) is 0 Å². The van der Waals surface area contributed by atoms with Gasteiger partial charge in [-0.2, -0.15) is 0 Å². The summed E-state index contributed by atoms with van der Waals surface area (Å²) in [7, 11) is 4.08. The van der Waals surface area contributed by atoms with Crippen LogP contribution in [0.2, 0.25) is 0 Å². The highest BCUT2D eigenvalue weighted by Gasteiger charge is 2.08. The highest BCUT2D eigenvalue weighted by atomic mass is 15.3. The zero-order valence-electron chi connectivity index (χ0n) is 10.2. The van der Waals surface area contributed by atoms with E-state index in [0.29, 0.717) is 0 Å². The van der Waals surface area contributed by atoms with Gasteiger partial charge in [0.05, 0.1) is 5.69 Å². The molecule has 0 aromatic carbocycles. The fraction of sp³-hybridized carbons (Fsp3) is 0.727. The molecule has 0 aliphatic carbocycles. The number of rotatable bonds is 6. The van der Waals surface area contributed by atoms with Gasteiger partial charge in [-0.3, -0.25) is 0 Å². The molecular formula is C11H22N4. The smallest absolute Gasteiger partial charge is 0.205 e. The first-order valence-corrected chi connectivity index (χ1v) is 5.58. The Morgan fingerprint density at radius 1 is 1.53 bits per heavy atom. The molecule has 0 atom stereocenters. The molecule has 0 bridgehead atoms. The van der Waals surface area contributed by atoms with E-state index < -0.39 is 0 Å². The summed E-state index contributed by atoms with van der Waals surface area (Å²) in [5.41, 5.74) is 1.09. The van der Waals surface area contributed by atoms with Crippen molar-refractivity contribution in [2.45, 2.75) is 26.8 Å². The minimum absolute atomic E-state index is 0.979. The lowest BCUT2D eigenvalue weighted by Crippen LogP contribution is -2.25. The highest BCUT2D eigenvalue weighted by Crippen LogP contribution is 2.12. The van der Waals surface area contributed by atoms with Crippen LogP contribution in [0.15, 0.2) is 6.20 Å². The average Bonchev–Trinajstić information content (AvgIpc) is 2.60. The molecule has 0 unspecified atom stereocenters. The van der Waals surface area contributed by atoms with Gasteiger partial charge in [0.2, 0.25) is 5.95 Å². The fourth-order valence-electron chi connectivity index (χ4n) is 1.66. The van der Waals surface area contributed by atoms with Crippen molar-refractivity contribution >= 4 is 5.95 Å². The Kier molecular flexibility index (Phi) is 4.62. The minimum Gasteiger partial charge on any atom is -0.345 e. The quantitative estimate of drug-likeness (QED) is 0.718. The van der Waals surface area contributed by atoms with E-state index in [1.165, 1.54) is 0 Å². The molecule has 1 N–H and O–H groups in total. The Balaban J connectivity index is 2.59. The largest absolute Gasteiger partial charge is 0.345 e. The van der Waals surface area contributed by atoms with Crippen molar-refractivity contribution < 1.29 is 0 Å². The Hall–Kier alpha value is -1.03. The van der Waals surface area contributed by atoms with Crippen LogP contribution in [0.25, 0.3) is 0 Å². The number of hydrogen-bond donors (Lipinski definition) is 1. The molecule has 0 radical (unpaired) electrons. The summed E-state index contributed by atoms with van der Waals surface area (Å²) in [5.74, 6) is 1.08. The number of hydrogen-bond acceptors (Lipinski definition) is 3. The summed E-state index contributed by atoms with van der Waals surface area (Å²) in [6, 6.07) is 0. The topological polar surface area (TPSA) is 33.1 Å². The molecule has 86 valence electrons. The van der Waals surface area contributed by atoms with Crippen molar-refractivity contribution in [2.24, 2.45) is 0 Å². The van der Waals surface area contributed by atoms with Gasteiger partial charge in [-0.05, 0) is 33.9 Å². The van der Waals surface area contributed by atoms with E-state index in [0.717, 1.165) is 37.7 Å². The first-order valence-electron chi connectivity index (χ1n) is 5.58. The van der Waals surface area contributed by atoms with Gasteiger partial charge in [-0.25, -0.2) is 4.98 Å². The second-order valence-corrected chi connectivity index (χ2v) is 3.85. The molecule has 1 aromatic rings. The van der Waals surface area contributed by atoms with E-state index >= 15 is 0 Å². The lowest BCUT2D eigenvalue weighted by atomic mass is 10.4. The van der Waals surface area contributed by atoms with Crippen LogP contribution in [0.3, 0.4) is 0 Å². The lowest BCUT2D eigenvalue weighted by molar-refractivity contribution is 0.678. The summed E-state index contributed by atoms with van der Waals surface area (Å²) in [6.45, 7) is 7.25. The molecule has 15 heavy (non-hydrogen) atoms. The molecule has 0 fully saturated rings. The molecule has 1 rings (SSSR count). The summed E-state index contributed by atoms with van der Waals surface area (Å²) >= 11 is 0. The van der Waals surface area contributed by atoms with Crippen LogP contribution in [0.1, 0.15) is 19.0 Å². The molecule has 0 amide bonds. The van der Waals surface area contributed by atoms with Gasteiger partial charge < -0.3 is 14.8 Å². The van der Waals surface area contributed by atoms with Crippen LogP contribution in [0.5, 0.6) is 0 Å². The van der Waals surface area contributed by atoms with E-state index in [2.05, 4.69) is 39.9 Å². The summed E-state index contributed by atoms with van der Waals surface area (Å²) in [4.78, 5) is 6.74. The molecule has 0 saturated carbocycles. The Labute approximate surface area is 92.3 Å². The number of imidazole rings is 1. The molecule has 4 nitrogen and oxygen atoms in total. The van der Waals surface area contributed by atoms with Gasteiger partial charge in [0.25, 0.3) is 0 Å². The fourth-order valence-corrected chi connectivity index (χ4v) is 1.66. The van der Waals surface area contributed by atoms with Crippen LogP contribution < -0.4 is 10.2 Å². The van der Waals surface area contributed by atoms with Gasteiger partial charge in [-0.15, -0.1) is 0 Å². The Morgan fingerprint density at radius 3 is 2.87 bits per heavy atom. The SMILES string of the molecule is CCn1cc(C)nc1N(C)CCCNC. The molecule has 0 aliphatic heterocycles. The molecule has 4 heteroatoms. The van der Waals surface area contributed by atoms with Crippen LogP contribution in [0, 0.1) is 6.92 Å². The van der Waals surface area contributed by atoms with Crippen molar-refractivity contribution in [1.29, 1.82) is 0 Å². The monoisotopic (exact) mass is 210 g/mol. The third-order valence-electron chi connectivity index (χ3n) is 2.48. The first kappa shape index (κ1) is 12.0. The first-order chi connectivity index (χ1) is 7.19. The molecule has 1 heterocycles. The van der Waals surface area contributed by atoms with Crippen molar-refractivity contribution in [3.05, 3.63) is 11.9 Å². The highest BCUT2D eigenvalue weighted by molar-refractivity contribution is 5.31. The van der Waals surface area contributed by atoms with E-state index in [9.17, 15) is 0 Å². The van der Waals surface area contributed by atoms with Crippen molar-refractivity contribution in [1.82, 2.24) is 14.9 Å². The number of nitrogens with zero attached hydrogens (tertiary/aromatic N) is 3. The number of aromatic nitrogens is 2. The van der Waals surface area contributed by atoms with Gasteiger partial charge >= 0.3 is 0 Å². The molecule has 0 spiro atoms. The second-order valence-electron chi connectivity index (χ2n) is 3.85. The third-order valence-corrected chi connectivity index (χ3v) is 2.48. The van der Waals surface area contributed by atoms with E-state index in [1.807, 2.05) is 14.0 Å². The van der Waals surface area contributed by atoms with Crippen LogP contribution >= 0.6 is 0 Å². The molecule has 0 aliphatic rings. The predicted octanol–water partition coefficient (Wildman–Crippen LogP) is 1.26. The molecule has 1 aromatic heterocycles. The summed E-state index contributed by atoms with van der Waals surface area (Å²) in [5, 5.41) is 3.15. The van der Waals surface area contributed by atoms with E-state index in [-0.39, 0.29) is 0 Å². The number of aryl methyl sites for hydroxylation is 2. The molecule has 0 saturated heterocycles. The zero-order chi connectivity index (χ0) is 11.3. The third kappa shape index (κ3) is 3.23. The minimum atomic E-state index is 0.979. The second kappa shape index (κ2) is 5.75. The summed E-state index contributed by atoms with van der Waals surface area (Å²) < 4.78 is 2.19. The van der Waals surface area contributed by atoms with Crippen molar-refractivity contribution in [3.8, 4) is 0 Å². The van der Waals surface area contributed by atoms with Crippen LogP contribution in [-0.2, 0) is 6.54 Å². The maximum absolute atomic E-state index is 4.53. The van der Waals surface area contributed by atoms with Gasteiger partial charge in [0.15, 0.2) is 0 Å². The number of nitrogens with one attached hydrogen (secondary N) is 1. The standard InChI is InChI=1S/C11H22N4/c1-5-15-9-10(2)13-11(15)14(4)8-6-7-12-3/h9,12H,5-8H2,1-4H3. The van der Waals surface area contributed by atoms with E-state index in [1.54, 1.807) is 0 Å². The van der Waals surface area contributed by atoms with Gasteiger partial charge in [-0.1, -0.05) is 0 Å². The van der Waals surface area contributed by atoms with Crippen molar-refractivity contribution in [3.63, 3.8) is 0 Å². The average molecular weight is 210 g/mol. The zero-order valence-corrected chi connectivity index (χ0v) is 10.2. The normalized spacial score (nSPS) is 10.7. The summed E-state index contributed by atoms with van der Waals surface area (Å²) in [6.07, 6.45) is 3.24. The van der Waals surface area contributed by atoms with Crippen LogP contribution in [-0.4, -0.2) is 36.7 Å². The van der Waals surface area contributed by atoms with Gasteiger partial charge in [0, 0.05) is 26.3 Å². The Bertz CT molecular complexity index is 293. The maximum Gasteiger partial charge on any atom is 0.205 e. The maximum atomic E-state index is 4.53. The molecular weight excluding hydrogens is 188 g/mol.